The van der Waals surface area contributed by atoms with Crippen LogP contribution in [0.1, 0.15) is 36.2 Å². The van der Waals surface area contributed by atoms with Crippen molar-refractivity contribution in [2.75, 3.05) is 18.4 Å². The summed E-state index contributed by atoms with van der Waals surface area (Å²) in [5, 5.41) is 6.53. The average Bonchev–Trinajstić information content (AvgIpc) is 2.82. The highest BCUT2D eigenvalue weighted by molar-refractivity contribution is 5.98. The maximum absolute atomic E-state index is 12.0. The Morgan fingerprint density at radius 3 is 3.12 bits per heavy atom. The topological polar surface area (TPSA) is 41.1 Å². The smallest absolute Gasteiger partial charge is 0.176 e. The molecule has 1 aromatic rings. The molecule has 2 rings (SSSR count). The summed E-state index contributed by atoms with van der Waals surface area (Å²) in [6, 6.07) is 6.35. The zero-order chi connectivity index (χ0) is 12.3. The third-order valence-electron chi connectivity index (χ3n) is 3.36. The molecule has 0 aromatic heterocycles. The van der Waals surface area contributed by atoms with E-state index in [1.165, 1.54) is 11.3 Å². The van der Waals surface area contributed by atoms with Gasteiger partial charge in [-0.3, -0.25) is 4.79 Å². The van der Waals surface area contributed by atoms with Crippen LogP contribution in [-0.2, 0) is 6.42 Å². The molecule has 1 aliphatic rings. The maximum atomic E-state index is 12.0. The molecule has 1 atom stereocenters. The van der Waals surface area contributed by atoms with Crippen LogP contribution < -0.4 is 10.6 Å². The van der Waals surface area contributed by atoms with Crippen molar-refractivity contribution in [2.45, 2.75) is 32.7 Å². The molecular formula is C14H20N2O. The lowest BCUT2D eigenvalue weighted by Crippen LogP contribution is -2.30. The van der Waals surface area contributed by atoms with Gasteiger partial charge >= 0.3 is 0 Å². The maximum Gasteiger partial charge on any atom is 0.176 e. The van der Waals surface area contributed by atoms with Crippen molar-refractivity contribution in [3.05, 3.63) is 29.3 Å². The molecule has 1 aliphatic heterocycles. The molecule has 0 radical (unpaired) electrons. The molecule has 0 aliphatic carbocycles. The second-order valence-corrected chi connectivity index (χ2v) is 4.66. The van der Waals surface area contributed by atoms with Crippen LogP contribution in [0.4, 0.5) is 5.69 Å². The number of benzene rings is 1. The Morgan fingerprint density at radius 1 is 1.53 bits per heavy atom. The number of anilines is 1. The summed E-state index contributed by atoms with van der Waals surface area (Å²) in [6.45, 7) is 5.63. The lowest BCUT2D eigenvalue weighted by Gasteiger charge is -2.10. The molecule has 0 fully saturated rings. The van der Waals surface area contributed by atoms with Crippen molar-refractivity contribution in [1.29, 1.82) is 0 Å². The minimum absolute atomic E-state index is 0.181. The Bertz CT molecular complexity index is 415. The fraction of sp³-hybridized carbons (Fsp3) is 0.500. The van der Waals surface area contributed by atoms with E-state index >= 15 is 0 Å². The van der Waals surface area contributed by atoms with Crippen molar-refractivity contribution >= 4 is 11.5 Å². The summed E-state index contributed by atoms with van der Waals surface area (Å²) in [5.41, 5.74) is 3.26. The minimum atomic E-state index is 0.181. The van der Waals surface area contributed by atoms with Crippen molar-refractivity contribution in [2.24, 2.45) is 0 Å². The zero-order valence-electron chi connectivity index (χ0n) is 10.5. The Balaban J connectivity index is 2.00. The quantitative estimate of drug-likeness (QED) is 0.765. The number of Topliss-reactive ketones (excluding diaryl/α,β-unsaturated/α-hetero) is 1. The van der Waals surface area contributed by atoms with Gasteiger partial charge in [0.05, 0.1) is 6.54 Å². The summed E-state index contributed by atoms with van der Waals surface area (Å²) < 4.78 is 0. The van der Waals surface area contributed by atoms with Gasteiger partial charge in [-0.2, -0.15) is 0 Å². The van der Waals surface area contributed by atoms with Crippen molar-refractivity contribution in [3.8, 4) is 0 Å². The molecule has 0 bridgehead atoms. The first kappa shape index (κ1) is 12.1. The van der Waals surface area contributed by atoms with E-state index in [1.54, 1.807) is 0 Å². The van der Waals surface area contributed by atoms with E-state index in [0.29, 0.717) is 12.6 Å². The Kier molecular flexibility index (Phi) is 3.79. The van der Waals surface area contributed by atoms with E-state index in [1.807, 2.05) is 18.2 Å². The monoisotopic (exact) mass is 232 g/mol. The minimum Gasteiger partial charge on any atom is -0.384 e. The van der Waals surface area contributed by atoms with Crippen LogP contribution in [-0.4, -0.2) is 24.9 Å². The molecule has 2 N–H and O–H groups in total. The summed E-state index contributed by atoms with van der Waals surface area (Å²) >= 11 is 0. The molecule has 3 heteroatoms. The summed E-state index contributed by atoms with van der Waals surface area (Å²) in [7, 11) is 0. The van der Waals surface area contributed by atoms with Gasteiger partial charge in [0.2, 0.25) is 0 Å². The Labute approximate surface area is 103 Å². The van der Waals surface area contributed by atoms with Gasteiger partial charge in [-0.1, -0.05) is 6.92 Å². The summed E-state index contributed by atoms with van der Waals surface area (Å²) in [4.78, 5) is 12.0. The third-order valence-corrected chi connectivity index (χ3v) is 3.36. The van der Waals surface area contributed by atoms with Crippen LogP contribution in [0.3, 0.4) is 0 Å². The normalized spacial score (nSPS) is 15.2. The highest BCUT2D eigenvalue weighted by Gasteiger charge is 2.13. The van der Waals surface area contributed by atoms with Gasteiger partial charge in [-0.25, -0.2) is 0 Å². The van der Waals surface area contributed by atoms with Crippen LogP contribution in [0.25, 0.3) is 0 Å². The number of nitrogens with one attached hydrogen (secondary N) is 2. The largest absolute Gasteiger partial charge is 0.384 e. The zero-order valence-corrected chi connectivity index (χ0v) is 10.5. The van der Waals surface area contributed by atoms with E-state index in [4.69, 9.17) is 0 Å². The molecule has 1 unspecified atom stereocenters. The molecule has 17 heavy (non-hydrogen) atoms. The molecule has 1 heterocycles. The molecule has 3 nitrogen and oxygen atoms in total. The molecule has 1 aromatic carbocycles. The first-order valence-electron chi connectivity index (χ1n) is 6.34. The van der Waals surface area contributed by atoms with Crippen LogP contribution in [0, 0.1) is 0 Å². The average molecular weight is 232 g/mol. The Morgan fingerprint density at radius 2 is 2.35 bits per heavy atom. The predicted octanol–water partition coefficient (Wildman–Crippen LogP) is 2.23. The van der Waals surface area contributed by atoms with Crippen molar-refractivity contribution in [3.63, 3.8) is 0 Å². The molecule has 0 saturated heterocycles. The summed E-state index contributed by atoms with van der Waals surface area (Å²) in [5.74, 6) is 0.181. The van der Waals surface area contributed by atoms with E-state index in [9.17, 15) is 4.79 Å². The molecule has 0 spiro atoms. The number of rotatable bonds is 5. The highest BCUT2D eigenvalue weighted by Crippen LogP contribution is 2.23. The third kappa shape index (κ3) is 2.86. The molecular weight excluding hydrogens is 212 g/mol. The van der Waals surface area contributed by atoms with E-state index in [-0.39, 0.29) is 5.78 Å². The van der Waals surface area contributed by atoms with Crippen molar-refractivity contribution in [1.82, 2.24) is 5.32 Å². The van der Waals surface area contributed by atoms with E-state index < -0.39 is 0 Å². The van der Waals surface area contributed by atoms with Gasteiger partial charge in [-0.15, -0.1) is 0 Å². The highest BCUT2D eigenvalue weighted by atomic mass is 16.1. The molecule has 0 saturated carbocycles. The van der Waals surface area contributed by atoms with Crippen LogP contribution in [0.5, 0.6) is 0 Å². The van der Waals surface area contributed by atoms with E-state index in [0.717, 1.165) is 24.9 Å². The second-order valence-electron chi connectivity index (χ2n) is 4.66. The first-order chi connectivity index (χ1) is 8.20. The van der Waals surface area contributed by atoms with Gasteiger partial charge in [0.1, 0.15) is 0 Å². The number of hydrogen-bond acceptors (Lipinski definition) is 3. The summed E-state index contributed by atoms with van der Waals surface area (Å²) in [6.07, 6.45) is 2.07. The number of ketones is 1. The number of carbonyl (C=O) groups excluding carboxylic acids is 1. The van der Waals surface area contributed by atoms with Crippen LogP contribution in [0.2, 0.25) is 0 Å². The van der Waals surface area contributed by atoms with Gasteiger partial charge in [-0.05, 0) is 43.5 Å². The van der Waals surface area contributed by atoms with Crippen LogP contribution >= 0.6 is 0 Å². The van der Waals surface area contributed by atoms with Crippen LogP contribution in [0.15, 0.2) is 18.2 Å². The predicted molar refractivity (Wildman–Crippen MR) is 70.7 cm³/mol. The van der Waals surface area contributed by atoms with Gasteiger partial charge in [0.15, 0.2) is 5.78 Å². The first-order valence-corrected chi connectivity index (χ1v) is 6.34. The fourth-order valence-electron chi connectivity index (χ4n) is 1.99. The SMILES string of the molecule is CCC(C)NCC(=O)c1ccc2c(c1)CCN2. The number of fused-ring (bicyclic) bond motifs is 1. The molecule has 92 valence electrons. The number of carbonyl (C=O) groups is 1. The van der Waals surface area contributed by atoms with Gasteiger partial charge in [0.25, 0.3) is 0 Å². The van der Waals surface area contributed by atoms with E-state index in [2.05, 4.69) is 24.5 Å². The lowest BCUT2D eigenvalue weighted by molar-refractivity contribution is 0.0987. The Hall–Kier alpha value is -1.35. The standard InChI is InChI=1S/C14H20N2O/c1-3-10(2)16-9-14(17)12-4-5-13-11(8-12)6-7-15-13/h4-5,8,10,15-16H,3,6-7,9H2,1-2H3. The number of hydrogen-bond donors (Lipinski definition) is 2. The lowest BCUT2D eigenvalue weighted by atomic mass is 10.0. The molecule has 0 amide bonds. The fourth-order valence-corrected chi connectivity index (χ4v) is 1.99. The van der Waals surface area contributed by atoms with Gasteiger partial charge < -0.3 is 10.6 Å². The van der Waals surface area contributed by atoms with Gasteiger partial charge in [0, 0.05) is 23.8 Å². The second kappa shape index (κ2) is 5.32. The van der Waals surface area contributed by atoms with Crippen molar-refractivity contribution < 1.29 is 4.79 Å².